The molecule has 3 heterocycles. The van der Waals surface area contributed by atoms with Crippen molar-refractivity contribution in [2.75, 3.05) is 13.1 Å². The topological polar surface area (TPSA) is 55.3 Å². The number of carbonyl (C=O) groups is 1. The lowest BCUT2D eigenvalue weighted by atomic mass is 10.1. The van der Waals surface area contributed by atoms with Gasteiger partial charge in [-0.2, -0.15) is 0 Å². The molecule has 0 radical (unpaired) electrons. The molecule has 0 aliphatic carbocycles. The van der Waals surface area contributed by atoms with Gasteiger partial charge in [0.05, 0.1) is 18.1 Å². The van der Waals surface area contributed by atoms with E-state index in [1.165, 1.54) is 11.3 Å². The summed E-state index contributed by atoms with van der Waals surface area (Å²) in [6, 6.07) is 5.67. The Morgan fingerprint density at radius 3 is 2.80 bits per heavy atom. The number of thiazole rings is 1. The van der Waals surface area contributed by atoms with Gasteiger partial charge in [-0.15, -0.1) is 11.3 Å². The third-order valence-corrected chi connectivity index (χ3v) is 3.90. The van der Waals surface area contributed by atoms with Crippen LogP contribution < -0.4 is 4.74 Å². The first kappa shape index (κ1) is 13.1. The lowest BCUT2D eigenvalue weighted by Gasteiger charge is -2.38. The first-order valence-electron chi connectivity index (χ1n) is 6.43. The largest absolute Gasteiger partial charge is 0.471 e. The van der Waals surface area contributed by atoms with E-state index in [1.807, 2.05) is 32.0 Å². The molecule has 1 aliphatic heterocycles. The first-order chi connectivity index (χ1) is 9.61. The van der Waals surface area contributed by atoms with Crippen LogP contribution >= 0.6 is 11.3 Å². The van der Waals surface area contributed by atoms with E-state index in [0.717, 1.165) is 10.7 Å². The molecule has 0 bridgehead atoms. The van der Waals surface area contributed by atoms with Crippen LogP contribution in [0.5, 0.6) is 5.88 Å². The van der Waals surface area contributed by atoms with Crippen LogP contribution in [0.2, 0.25) is 0 Å². The summed E-state index contributed by atoms with van der Waals surface area (Å²) >= 11 is 1.49. The van der Waals surface area contributed by atoms with Gasteiger partial charge in [0, 0.05) is 17.1 Å². The molecule has 0 saturated carbocycles. The number of amides is 1. The van der Waals surface area contributed by atoms with Crippen LogP contribution in [0.25, 0.3) is 0 Å². The zero-order valence-electron chi connectivity index (χ0n) is 11.4. The van der Waals surface area contributed by atoms with E-state index in [4.69, 9.17) is 4.74 Å². The molecule has 20 heavy (non-hydrogen) atoms. The highest BCUT2D eigenvalue weighted by molar-refractivity contribution is 7.09. The molecule has 5 nitrogen and oxygen atoms in total. The van der Waals surface area contributed by atoms with Crippen LogP contribution in [0.3, 0.4) is 0 Å². The molecule has 0 aromatic carbocycles. The molecule has 104 valence electrons. The normalized spacial score (nSPS) is 15.0. The molecular formula is C14H15N3O2S. The van der Waals surface area contributed by atoms with E-state index in [1.54, 1.807) is 10.3 Å². The summed E-state index contributed by atoms with van der Waals surface area (Å²) in [7, 11) is 0. The summed E-state index contributed by atoms with van der Waals surface area (Å²) in [6.07, 6.45) is 0.0213. The highest BCUT2D eigenvalue weighted by atomic mass is 32.1. The first-order valence-corrected chi connectivity index (χ1v) is 7.31. The van der Waals surface area contributed by atoms with E-state index >= 15 is 0 Å². The highest BCUT2D eigenvalue weighted by Gasteiger charge is 2.33. The van der Waals surface area contributed by atoms with Crippen molar-refractivity contribution in [1.29, 1.82) is 0 Å². The molecule has 0 unspecified atom stereocenters. The van der Waals surface area contributed by atoms with Crippen LogP contribution in [-0.4, -0.2) is 40.0 Å². The number of rotatable bonds is 3. The number of likely N-dealkylation sites (tertiary alicyclic amines) is 1. The average Bonchev–Trinajstić information content (AvgIpc) is 2.79. The third-order valence-electron chi connectivity index (χ3n) is 3.12. The monoisotopic (exact) mass is 289 g/mol. The van der Waals surface area contributed by atoms with Crippen molar-refractivity contribution in [3.05, 3.63) is 40.0 Å². The van der Waals surface area contributed by atoms with Crippen molar-refractivity contribution in [1.82, 2.24) is 14.9 Å². The van der Waals surface area contributed by atoms with E-state index < -0.39 is 0 Å². The van der Waals surface area contributed by atoms with Gasteiger partial charge in [0.2, 0.25) is 5.88 Å². The summed E-state index contributed by atoms with van der Waals surface area (Å²) in [5.41, 5.74) is 1.45. The lowest BCUT2D eigenvalue weighted by molar-refractivity contribution is 0.0156. The van der Waals surface area contributed by atoms with E-state index in [-0.39, 0.29) is 12.0 Å². The Bertz CT molecular complexity index is 635. The van der Waals surface area contributed by atoms with Gasteiger partial charge in [-0.3, -0.25) is 4.79 Å². The maximum atomic E-state index is 12.1. The summed E-state index contributed by atoms with van der Waals surface area (Å²) in [6.45, 7) is 5.00. The molecule has 0 atom stereocenters. The fourth-order valence-corrected chi connectivity index (χ4v) is 2.64. The Labute approximate surface area is 121 Å². The van der Waals surface area contributed by atoms with Crippen LogP contribution in [0.15, 0.2) is 23.6 Å². The minimum absolute atomic E-state index is 0.0213. The van der Waals surface area contributed by atoms with Gasteiger partial charge in [0.15, 0.2) is 0 Å². The third kappa shape index (κ3) is 2.65. The molecule has 0 spiro atoms. The second-order valence-corrected chi connectivity index (χ2v) is 5.88. The SMILES string of the molecule is Cc1cccc(OC2CN(C(=O)c3csc(C)n3)C2)n1. The summed E-state index contributed by atoms with van der Waals surface area (Å²) in [5, 5.41) is 2.71. The van der Waals surface area contributed by atoms with Crippen LogP contribution in [-0.2, 0) is 0 Å². The maximum absolute atomic E-state index is 12.1. The second kappa shape index (κ2) is 5.20. The number of hydrogen-bond donors (Lipinski definition) is 0. The standard InChI is InChI=1S/C14H15N3O2S/c1-9-4-3-5-13(15-9)19-11-6-17(7-11)14(18)12-8-20-10(2)16-12/h3-5,8,11H,6-7H2,1-2H3. The van der Waals surface area contributed by atoms with Crippen molar-refractivity contribution in [3.8, 4) is 5.88 Å². The van der Waals surface area contributed by atoms with Gasteiger partial charge in [-0.1, -0.05) is 6.07 Å². The van der Waals surface area contributed by atoms with E-state index in [9.17, 15) is 4.79 Å². The van der Waals surface area contributed by atoms with Gasteiger partial charge >= 0.3 is 0 Å². The van der Waals surface area contributed by atoms with Crippen molar-refractivity contribution in [2.45, 2.75) is 20.0 Å². The van der Waals surface area contributed by atoms with E-state index in [0.29, 0.717) is 24.7 Å². The number of pyridine rings is 1. The zero-order valence-corrected chi connectivity index (χ0v) is 12.2. The molecule has 1 fully saturated rings. The van der Waals surface area contributed by atoms with Crippen molar-refractivity contribution in [3.63, 3.8) is 0 Å². The van der Waals surface area contributed by atoms with Crippen LogP contribution in [0, 0.1) is 13.8 Å². The highest BCUT2D eigenvalue weighted by Crippen LogP contribution is 2.19. The number of nitrogens with zero attached hydrogens (tertiary/aromatic N) is 3. The number of carbonyl (C=O) groups excluding carboxylic acids is 1. The predicted octanol–water partition coefficient (Wildman–Crippen LogP) is 2.06. The molecule has 2 aromatic heterocycles. The molecule has 1 aliphatic rings. The Hall–Kier alpha value is -1.95. The van der Waals surface area contributed by atoms with Gasteiger partial charge in [-0.05, 0) is 19.9 Å². The number of hydrogen-bond acceptors (Lipinski definition) is 5. The van der Waals surface area contributed by atoms with Gasteiger partial charge in [-0.25, -0.2) is 9.97 Å². The van der Waals surface area contributed by atoms with Crippen molar-refractivity contribution in [2.24, 2.45) is 0 Å². The molecule has 1 saturated heterocycles. The molecule has 6 heteroatoms. The number of aromatic nitrogens is 2. The quantitative estimate of drug-likeness (QED) is 0.868. The van der Waals surface area contributed by atoms with Crippen LogP contribution in [0.4, 0.5) is 0 Å². The Balaban J connectivity index is 1.55. The molecule has 2 aromatic rings. The second-order valence-electron chi connectivity index (χ2n) is 4.82. The lowest BCUT2D eigenvalue weighted by Crippen LogP contribution is -2.56. The number of aryl methyl sites for hydroxylation is 2. The predicted molar refractivity (Wildman–Crippen MR) is 76.1 cm³/mol. The average molecular weight is 289 g/mol. The van der Waals surface area contributed by atoms with Crippen molar-refractivity contribution < 1.29 is 9.53 Å². The van der Waals surface area contributed by atoms with Gasteiger partial charge < -0.3 is 9.64 Å². The summed E-state index contributed by atoms with van der Waals surface area (Å²) in [5.74, 6) is 0.595. The summed E-state index contributed by atoms with van der Waals surface area (Å²) < 4.78 is 5.73. The smallest absolute Gasteiger partial charge is 0.273 e. The van der Waals surface area contributed by atoms with E-state index in [2.05, 4.69) is 9.97 Å². The zero-order chi connectivity index (χ0) is 14.1. The fourth-order valence-electron chi connectivity index (χ4n) is 2.06. The minimum Gasteiger partial charge on any atom is -0.471 e. The Morgan fingerprint density at radius 2 is 2.15 bits per heavy atom. The molecule has 0 N–H and O–H groups in total. The van der Waals surface area contributed by atoms with Crippen molar-refractivity contribution >= 4 is 17.2 Å². The minimum atomic E-state index is -0.0219. The van der Waals surface area contributed by atoms with Gasteiger partial charge in [0.25, 0.3) is 5.91 Å². The summed E-state index contributed by atoms with van der Waals surface area (Å²) in [4.78, 5) is 22.3. The van der Waals surface area contributed by atoms with Gasteiger partial charge in [0.1, 0.15) is 11.8 Å². The molecule has 3 rings (SSSR count). The van der Waals surface area contributed by atoms with Crippen LogP contribution in [0.1, 0.15) is 21.2 Å². The number of ether oxygens (including phenoxy) is 1. The maximum Gasteiger partial charge on any atom is 0.273 e. The fraction of sp³-hybridized carbons (Fsp3) is 0.357. The Kier molecular flexibility index (Phi) is 3.40. The molecule has 1 amide bonds. The Morgan fingerprint density at radius 1 is 1.35 bits per heavy atom. The molecular weight excluding hydrogens is 274 g/mol.